The van der Waals surface area contributed by atoms with E-state index >= 15 is 0 Å². The van der Waals surface area contributed by atoms with Crippen molar-refractivity contribution in [1.29, 1.82) is 0 Å². The first kappa shape index (κ1) is 14.0. The molecular weight excluding hydrogens is 240 g/mol. The Morgan fingerprint density at radius 1 is 1.28 bits per heavy atom. The van der Waals surface area contributed by atoms with Crippen LogP contribution in [0.4, 0.5) is 0 Å². The second kappa shape index (κ2) is 6.61. The van der Waals surface area contributed by atoms with Gasteiger partial charge in [-0.25, -0.2) is 0 Å². The van der Waals surface area contributed by atoms with Crippen molar-refractivity contribution in [2.24, 2.45) is 0 Å². The molecule has 0 radical (unpaired) electrons. The smallest absolute Gasteiger partial charge is 0.188 e. The number of benzene rings is 1. The zero-order chi connectivity index (χ0) is 13.5. The summed E-state index contributed by atoms with van der Waals surface area (Å²) >= 11 is 0. The van der Waals surface area contributed by atoms with Gasteiger partial charge in [0, 0.05) is 19.1 Å². The van der Waals surface area contributed by atoms with Gasteiger partial charge in [0.1, 0.15) is 11.5 Å². The summed E-state index contributed by atoms with van der Waals surface area (Å²) in [5.41, 5.74) is 0.150. The first-order valence-electron chi connectivity index (χ1n) is 5.11. The molecule has 0 spiro atoms. The van der Waals surface area contributed by atoms with Crippen LogP contribution in [0, 0.1) is 0 Å². The largest absolute Gasteiger partial charge is 0.550 e. The predicted octanol–water partition coefficient (Wildman–Crippen LogP) is 0.000600. The van der Waals surface area contributed by atoms with Gasteiger partial charge in [-0.1, -0.05) is 0 Å². The fourth-order valence-electron chi connectivity index (χ4n) is 1.33. The Morgan fingerprint density at radius 2 is 2.00 bits per heavy atom. The van der Waals surface area contributed by atoms with Crippen molar-refractivity contribution < 1.29 is 28.9 Å². The molecule has 0 aliphatic carbocycles. The molecule has 98 valence electrons. The molecule has 0 aliphatic rings. The summed E-state index contributed by atoms with van der Waals surface area (Å²) in [6.07, 6.45) is -0.699. The zero-order valence-electron chi connectivity index (χ0n) is 10.1. The van der Waals surface area contributed by atoms with E-state index in [2.05, 4.69) is 0 Å². The average Bonchev–Trinajstić information content (AvgIpc) is 2.35. The van der Waals surface area contributed by atoms with E-state index in [-0.39, 0.29) is 18.1 Å². The zero-order valence-corrected chi connectivity index (χ0v) is 10.1. The van der Waals surface area contributed by atoms with Gasteiger partial charge in [-0.05, 0) is 12.1 Å². The van der Waals surface area contributed by atoms with Crippen LogP contribution in [0.2, 0.25) is 0 Å². The molecule has 0 bridgehead atoms. The van der Waals surface area contributed by atoms with Crippen LogP contribution in [0.3, 0.4) is 0 Å². The third kappa shape index (κ3) is 3.74. The Bertz CT molecular complexity index is 440. The lowest BCUT2D eigenvalue weighted by Crippen LogP contribution is -2.25. The number of carboxylic acid groups (broad SMARTS) is 1. The molecule has 1 rings (SSSR count). The Kier molecular flexibility index (Phi) is 5.13. The van der Waals surface area contributed by atoms with Crippen LogP contribution in [0.5, 0.6) is 11.5 Å². The lowest BCUT2D eigenvalue weighted by molar-refractivity contribution is -0.304. The molecule has 6 heteroatoms. The number of methoxy groups -OCH3 is 2. The van der Waals surface area contributed by atoms with E-state index in [1.807, 2.05) is 0 Å². The van der Waals surface area contributed by atoms with Crippen molar-refractivity contribution >= 4 is 11.8 Å². The molecular formula is C12H13O6-. The highest BCUT2D eigenvalue weighted by Crippen LogP contribution is 2.26. The molecule has 18 heavy (non-hydrogen) atoms. The summed E-state index contributed by atoms with van der Waals surface area (Å²) in [5, 5.41) is 10.4. The van der Waals surface area contributed by atoms with Gasteiger partial charge in [-0.2, -0.15) is 0 Å². The minimum atomic E-state index is -1.44. The summed E-state index contributed by atoms with van der Waals surface area (Å²) in [4.78, 5) is 22.1. The maximum atomic E-state index is 11.7. The highest BCUT2D eigenvalue weighted by Gasteiger charge is 2.14. The van der Waals surface area contributed by atoms with Crippen molar-refractivity contribution in [2.45, 2.75) is 6.42 Å². The van der Waals surface area contributed by atoms with Crippen LogP contribution in [-0.4, -0.2) is 32.8 Å². The maximum Gasteiger partial charge on any atom is 0.188 e. The predicted molar refractivity (Wildman–Crippen MR) is 59.5 cm³/mol. The molecule has 0 aromatic heterocycles. The normalized spacial score (nSPS) is 9.89. The van der Waals surface area contributed by atoms with Gasteiger partial charge >= 0.3 is 0 Å². The monoisotopic (exact) mass is 253 g/mol. The number of hydrogen-bond acceptors (Lipinski definition) is 6. The number of hydrogen-bond donors (Lipinski definition) is 0. The van der Waals surface area contributed by atoms with Crippen molar-refractivity contribution in [3.8, 4) is 11.5 Å². The van der Waals surface area contributed by atoms with Gasteiger partial charge in [-0.3, -0.25) is 4.79 Å². The third-order valence-electron chi connectivity index (χ3n) is 2.13. The van der Waals surface area contributed by atoms with Crippen LogP contribution >= 0.6 is 0 Å². The molecule has 0 fully saturated rings. The number of aliphatic carboxylic acids is 1. The molecule has 0 amide bonds. The Labute approximate surface area is 104 Å². The number of rotatable bonds is 7. The second-order valence-electron chi connectivity index (χ2n) is 3.38. The van der Waals surface area contributed by atoms with Crippen LogP contribution in [0.15, 0.2) is 18.2 Å². The summed E-state index contributed by atoms with van der Waals surface area (Å²) in [6, 6.07) is 4.47. The summed E-state index contributed by atoms with van der Waals surface area (Å²) < 4.78 is 14.9. The van der Waals surface area contributed by atoms with Gasteiger partial charge in [0.05, 0.1) is 19.1 Å². The minimum absolute atomic E-state index is 0.0568. The molecule has 1 aromatic rings. The number of carbonyl (C=O) groups excluding carboxylic acids is 2. The molecule has 0 saturated heterocycles. The maximum absolute atomic E-state index is 11.7. The van der Waals surface area contributed by atoms with Crippen molar-refractivity contribution in [3.63, 3.8) is 0 Å². The van der Waals surface area contributed by atoms with E-state index in [0.717, 1.165) is 0 Å². The number of Topliss-reactive ketones (excluding diaryl/α,β-unsaturated/α-hetero) is 1. The first-order valence-corrected chi connectivity index (χ1v) is 5.11. The number of ketones is 1. The Hall–Kier alpha value is -2.08. The van der Waals surface area contributed by atoms with E-state index in [4.69, 9.17) is 14.2 Å². The molecule has 0 unspecified atom stereocenters. The number of carboxylic acids is 1. The second-order valence-corrected chi connectivity index (χ2v) is 3.38. The molecule has 0 heterocycles. The molecule has 6 nitrogen and oxygen atoms in total. The summed E-state index contributed by atoms with van der Waals surface area (Å²) in [7, 11) is 2.90. The van der Waals surface area contributed by atoms with E-state index in [1.54, 1.807) is 6.07 Å². The number of ether oxygens (including phenoxy) is 3. The lowest BCUT2D eigenvalue weighted by Gasteiger charge is -2.11. The lowest BCUT2D eigenvalue weighted by atomic mass is 10.1. The van der Waals surface area contributed by atoms with Crippen LogP contribution in [0.25, 0.3) is 0 Å². The summed E-state index contributed by atoms with van der Waals surface area (Å²) in [5.74, 6) is -1.33. The molecule has 0 N–H and O–H groups in total. The standard InChI is InChI=1S/C12H14O6/c1-16-7-18-11-5-8(17-2)3-4-9(11)10(13)6-12(14)15/h3-5H,6-7H2,1-2H3,(H,14,15)/p-1. The first-order chi connectivity index (χ1) is 8.58. The van der Waals surface area contributed by atoms with Gasteiger partial charge in [0.15, 0.2) is 12.6 Å². The molecule has 0 saturated carbocycles. The van der Waals surface area contributed by atoms with Crippen molar-refractivity contribution in [3.05, 3.63) is 23.8 Å². The van der Waals surface area contributed by atoms with Gasteiger partial charge < -0.3 is 24.1 Å². The fraction of sp³-hybridized carbons (Fsp3) is 0.333. The van der Waals surface area contributed by atoms with E-state index < -0.39 is 18.2 Å². The third-order valence-corrected chi connectivity index (χ3v) is 2.13. The molecule has 1 aromatic carbocycles. The topological polar surface area (TPSA) is 84.9 Å². The van der Waals surface area contributed by atoms with Gasteiger partial charge in [0.25, 0.3) is 0 Å². The van der Waals surface area contributed by atoms with Gasteiger partial charge in [0.2, 0.25) is 0 Å². The Balaban J connectivity index is 3.00. The Morgan fingerprint density at radius 3 is 2.56 bits per heavy atom. The highest BCUT2D eigenvalue weighted by atomic mass is 16.7. The average molecular weight is 253 g/mol. The van der Waals surface area contributed by atoms with Crippen LogP contribution < -0.4 is 14.6 Å². The quantitative estimate of drug-likeness (QED) is 0.386. The summed E-state index contributed by atoms with van der Waals surface area (Å²) in [6.45, 7) is -0.0568. The SMILES string of the molecule is COCOc1cc(OC)ccc1C(=O)CC(=O)[O-]. The van der Waals surface area contributed by atoms with Crippen molar-refractivity contribution in [2.75, 3.05) is 21.0 Å². The molecule has 0 aliphatic heterocycles. The fourth-order valence-corrected chi connectivity index (χ4v) is 1.33. The van der Waals surface area contributed by atoms with Crippen LogP contribution in [0.1, 0.15) is 16.8 Å². The van der Waals surface area contributed by atoms with Crippen molar-refractivity contribution in [1.82, 2.24) is 0 Å². The van der Waals surface area contributed by atoms with Crippen LogP contribution in [-0.2, 0) is 9.53 Å². The minimum Gasteiger partial charge on any atom is -0.550 e. The van der Waals surface area contributed by atoms with E-state index in [1.165, 1.54) is 26.4 Å². The highest BCUT2D eigenvalue weighted by molar-refractivity contribution is 6.06. The molecule has 0 atom stereocenters. The van der Waals surface area contributed by atoms with E-state index in [9.17, 15) is 14.7 Å². The van der Waals surface area contributed by atoms with Gasteiger partial charge in [-0.15, -0.1) is 0 Å². The number of carbonyl (C=O) groups is 2. The van der Waals surface area contributed by atoms with E-state index in [0.29, 0.717) is 5.75 Å².